The summed E-state index contributed by atoms with van der Waals surface area (Å²) in [5, 5.41) is 0. The molecule has 0 N–H and O–H groups in total. The van der Waals surface area contributed by atoms with Crippen molar-refractivity contribution in [1.29, 1.82) is 0 Å². The molecule has 0 atom stereocenters. The van der Waals surface area contributed by atoms with Gasteiger partial charge >= 0.3 is 5.97 Å². The molecule has 92 valence electrons. The van der Waals surface area contributed by atoms with E-state index >= 15 is 0 Å². The van der Waals surface area contributed by atoms with Gasteiger partial charge in [0.25, 0.3) is 0 Å². The van der Waals surface area contributed by atoms with Crippen molar-refractivity contribution < 1.29 is 14.3 Å². The van der Waals surface area contributed by atoms with Crippen molar-refractivity contribution in [2.75, 3.05) is 13.1 Å². The van der Waals surface area contributed by atoms with Crippen LogP contribution in [0.2, 0.25) is 0 Å². The average molecular weight is 227 g/mol. The number of piperidine rings is 1. The van der Waals surface area contributed by atoms with Crippen LogP contribution in [0.5, 0.6) is 0 Å². The molecule has 0 aromatic rings. The number of nitrogens with zero attached hydrogens (tertiary/aromatic N) is 1. The van der Waals surface area contributed by atoms with Crippen molar-refractivity contribution >= 4 is 11.9 Å². The summed E-state index contributed by atoms with van der Waals surface area (Å²) >= 11 is 0. The third kappa shape index (κ3) is 3.83. The zero-order valence-electron chi connectivity index (χ0n) is 10.6. The van der Waals surface area contributed by atoms with Crippen molar-refractivity contribution in [3.63, 3.8) is 0 Å². The normalized spacial score (nSPS) is 18.4. The van der Waals surface area contributed by atoms with Gasteiger partial charge < -0.3 is 9.64 Å². The number of hydrogen-bond donors (Lipinski definition) is 0. The highest BCUT2D eigenvalue weighted by Gasteiger charge is 2.29. The second-order valence-corrected chi connectivity index (χ2v) is 5.31. The fourth-order valence-electron chi connectivity index (χ4n) is 1.82. The fraction of sp³-hybridized carbons (Fsp3) is 0.833. The molecule has 0 spiro atoms. The van der Waals surface area contributed by atoms with Gasteiger partial charge in [-0.1, -0.05) is 0 Å². The maximum Gasteiger partial charge on any atom is 0.309 e. The van der Waals surface area contributed by atoms with Gasteiger partial charge in [0, 0.05) is 20.0 Å². The maximum absolute atomic E-state index is 11.8. The smallest absolute Gasteiger partial charge is 0.309 e. The van der Waals surface area contributed by atoms with Gasteiger partial charge in [0.2, 0.25) is 5.91 Å². The Morgan fingerprint density at radius 1 is 1.19 bits per heavy atom. The number of rotatable bonds is 1. The Labute approximate surface area is 96.9 Å². The summed E-state index contributed by atoms with van der Waals surface area (Å²) in [7, 11) is 0. The van der Waals surface area contributed by atoms with Gasteiger partial charge in [0.05, 0.1) is 5.92 Å². The van der Waals surface area contributed by atoms with Crippen LogP contribution in [0.25, 0.3) is 0 Å². The highest BCUT2D eigenvalue weighted by atomic mass is 16.6. The van der Waals surface area contributed by atoms with E-state index in [9.17, 15) is 9.59 Å². The van der Waals surface area contributed by atoms with Crippen molar-refractivity contribution in [2.24, 2.45) is 5.92 Å². The van der Waals surface area contributed by atoms with Crippen molar-refractivity contribution in [1.82, 2.24) is 4.90 Å². The summed E-state index contributed by atoms with van der Waals surface area (Å²) in [6.07, 6.45) is 1.43. The van der Waals surface area contributed by atoms with E-state index in [1.807, 2.05) is 20.8 Å². The van der Waals surface area contributed by atoms with Crippen molar-refractivity contribution in [3.05, 3.63) is 0 Å². The SMILES string of the molecule is CC(=O)N1CCC(C(=O)OC(C)(C)C)CC1. The predicted molar refractivity (Wildman–Crippen MR) is 60.8 cm³/mol. The molecule has 1 aliphatic heterocycles. The van der Waals surface area contributed by atoms with E-state index in [1.165, 1.54) is 0 Å². The highest BCUT2D eigenvalue weighted by Crippen LogP contribution is 2.21. The zero-order chi connectivity index (χ0) is 12.3. The molecule has 1 fully saturated rings. The Kier molecular flexibility index (Phi) is 3.94. The van der Waals surface area contributed by atoms with Crippen LogP contribution in [0.3, 0.4) is 0 Å². The van der Waals surface area contributed by atoms with Gasteiger partial charge in [-0.15, -0.1) is 0 Å². The maximum atomic E-state index is 11.8. The summed E-state index contributed by atoms with van der Waals surface area (Å²) in [5.74, 6) is -0.0897. The van der Waals surface area contributed by atoms with Gasteiger partial charge in [-0.3, -0.25) is 9.59 Å². The third-order valence-corrected chi connectivity index (χ3v) is 2.68. The molecule has 1 heterocycles. The Morgan fingerprint density at radius 3 is 2.06 bits per heavy atom. The molecule has 0 saturated carbocycles. The van der Waals surface area contributed by atoms with Crippen LogP contribution in [0.1, 0.15) is 40.5 Å². The minimum absolute atomic E-state index is 0.0465. The lowest BCUT2D eigenvalue weighted by Crippen LogP contribution is -2.40. The number of amides is 1. The first-order chi connectivity index (χ1) is 7.29. The summed E-state index contributed by atoms with van der Waals surface area (Å²) in [6, 6.07) is 0. The van der Waals surface area contributed by atoms with Crippen molar-refractivity contribution in [3.8, 4) is 0 Å². The highest BCUT2D eigenvalue weighted by molar-refractivity contribution is 5.75. The summed E-state index contributed by atoms with van der Waals surface area (Å²) in [5.41, 5.74) is -0.422. The third-order valence-electron chi connectivity index (χ3n) is 2.68. The monoisotopic (exact) mass is 227 g/mol. The Morgan fingerprint density at radius 2 is 1.69 bits per heavy atom. The van der Waals surface area contributed by atoms with E-state index in [2.05, 4.69) is 0 Å². The van der Waals surface area contributed by atoms with Gasteiger partial charge in [-0.25, -0.2) is 0 Å². The lowest BCUT2D eigenvalue weighted by atomic mass is 9.96. The summed E-state index contributed by atoms with van der Waals surface area (Å²) in [6.45, 7) is 8.51. The quantitative estimate of drug-likeness (QED) is 0.639. The number of likely N-dealkylation sites (tertiary alicyclic amines) is 1. The Hall–Kier alpha value is -1.06. The molecule has 1 saturated heterocycles. The molecule has 0 bridgehead atoms. The van der Waals surface area contributed by atoms with E-state index < -0.39 is 5.60 Å². The minimum atomic E-state index is -0.422. The first-order valence-corrected chi connectivity index (χ1v) is 5.78. The van der Waals surface area contributed by atoms with E-state index in [0.717, 1.165) is 0 Å². The van der Waals surface area contributed by atoms with Gasteiger partial charge in [0.15, 0.2) is 0 Å². The first-order valence-electron chi connectivity index (χ1n) is 5.78. The van der Waals surface area contributed by atoms with E-state index in [4.69, 9.17) is 4.74 Å². The standard InChI is InChI=1S/C12H21NO3/c1-9(14)13-7-5-10(6-8-13)11(15)16-12(2,3)4/h10H,5-8H2,1-4H3. The van der Waals surface area contributed by atoms with E-state index in [-0.39, 0.29) is 17.8 Å². The molecule has 4 heteroatoms. The van der Waals surface area contributed by atoms with Crippen LogP contribution in [0.15, 0.2) is 0 Å². The molecule has 1 amide bonds. The number of ether oxygens (including phenoxy) is 1. The number of carbonyl (C=O) groups excluding carboxylic acids is 2. The molecule has 1 rings (SSSR count). The van der Waals surface area contributed by atoms with E-state index in [0.29, 0.717) is 25.9 Å². The average Bonchev–Trinajstić information content (AvgIpc) is 2.15. The molecule has 1 aliphatic rings. The van der Waals surface area contributed by atoms with Crippen molar-refractivity contribution in [2.45, 2.75) is 46.1 Å². The summed E-state index contributed by atoms with van der Waals surface area (Å²) < 4.78 is 5.33. The van der Waals surface area contributed by atoms with Gasteiger partial charge in [-0.05, 0) is 33.6 Å². The molecular weight excluding hydrogens is 206 g/mol. The molecule has 0 aliphatic carbocycles. The summed E-state index contributed by atoms with van der Waals surface area (Å²) in [4.78, 5) is 24.7. The predicted octanol–water partition coefficient (Wildman–Crippen LogP) is 1.59. The first kappa shape index (κ1) is 13.0. The van der Waals surface area contributed by atoms with Crippen LogP contribution in [0, 0.1) is 5.92 Å². The van der Waals surface area contributed by atoms with Crippen LogP contribution in [-0.2, 0) is 14.3 Å². The number of esters is 1. The second-order valence-electron chi connectivity index (χ2n) is 5.31. The van der Waals surface area contributed by atoms with Crippen LogP contribution in [0.4, 0.5) is 0 Å². The Balaban J connectivity index is 2.42. The number of hydrogen-bond acceptors (Lipinski definition) is 3. The molecule has 0 aromatic carbocycles. The molecule has 4 nitrogen and oxygen atoms in total. The molecule has 0 radical (unpaired) electrons. The van der Waals surface area contributed by atoms with Crippen LogP contribution < -0.4 is 0 Å². The molecular formula is C12H21NO3. The minimum Gasteiger partial charge on any atom is -0.460 e. The molecule has 16 heavy (non-hydrogen) atoms. The van der Waals surface area contributed by atoms with Crippen LogP contribution in [-0.4, -0.2) is 35.5 Å². The molecule has 0 aromatic heterocycles. The van der Waals surface area contributed by atoms with Crippen LogP contribution >= 0.6 is 0 Å². The van der Waals surface area contributed by atoms with Gasteiger partial charge in [0.1, 0.15) is 5.60 Å². The lowest BCUT2D eigenvalue weighted by molar-refractivity contribution is -0.162. The van der Waals surface area contributed by atoms with Gasteiger partial charge in [-0.2, -0.15) is 0 Å². The number of carbonyl (C=O) groups is 2. The van der Waals surface area contributed by atoms with E-state index in [1.54, 1.807) is 11.8 Å². The molecule has 0 unspecified atom stereocenters. The Bertz CT molecular complexity index is 272. The largest absolute Gasteiger partial charge is 0.460 e. The lowest BCUT2D eigenvalue weighted by Gasteiger charge is -2.31. The fourth-order valence-corrected chi connectivity index (χ4v) is 1.82. The second kappa shape index (κ2) is 4.85. The zero-order valence-corrected chi connectivity index (χ0v) is 10.6. The topological polar surface area (TPSA) is 46.6 Å².